The van der Waals surface area contributed by atoms with E-state index in [1.807, 2.05) is 11.3 Å². The van der Waals surface area contributed by atoms with Crippen molar-refractivity contribution in [2.24, 2.45) is 5.73 Å². The van der Waals surface area contributed by atoms with Crippen molar-refractivity contribution in [3.8, 4) is 10.4 Å². The second-order valence-electron chi connectivity index (χ2n) is 5.11. The Morgan fingerprint density at radius 3 is 2.67 bits per heavy atom. The minimum atomic E-state index is 0.310. The number of halogens is 1. The van der Waals surface area contributed by atoms with Crippen LogP contribution in [0.2, 0.25) is 0 Å². The van der Waals surface area contributed by atoms with Gasteiger partial charge in [-0.3, -0.25) is 0 Å². The van der Waals surface area contributed by atoms with Crippen molar-refractivity contribution in [2.45, 2.75) is 25.2 Å². The molecule has 0 unspecified atom stereocenters. The summed E-state index contributed by atoms with van der Waals surface area (Å²) in [5.74, 6) is 0. The van der Waals surface area contributed by atoms with Gasteiger partial charge < -0.3 is 5.73 Å². The van der Waals surface area contributed by atoms with Crippen LogP contribution in [-0.2, 0) is 5.41 Å². The fourth-order valence-electron chi connectivity index (χ4n) is 2.23. The predicted octanol–water partition coefficient (Wildman–Crippen LogP) is 4.48. The predicted molar refractivity (Wildman–Crippen MR) is 82.2 cm³/mol. The molecule has 1 heterocycles. The molecule has 3 heteroatoms. The van der Waals surface area contributed by atoms with Gasteiger partial charge in [-0.25, -0.2) is 0 Å². The van der Waals surface area contributed by atoms with Crippen LogP contribution in [0.4, 0.5) is 0 Å². The molecule has 1 aliphatic carbocycles. The first-order valence-corrected chi connectivity index (χ1v) is 7.82. The molecule has 0 radical (unpaired) electrons. The zero-order valence-electron chi connectivity index (χ0n) is 10.4. The van der Waals surface area contributed by atoms with Crippen molar-refractivity contribution in [3.05, 3.63) is 45.2 Å². The van der Waals surface area contributed by atoms with Crippen molar-refractivity contribution >= 4 is 27.3 Å². The van der Waals surface area contributed by atoms with Crippen molar-refractivity contribution < 1.29 is 0 Å². The number of aryl methyl sites for hydroxylation is 1. The van der Waals surface area contributed by atoms with E-state index in [0.29, 0.717) is 5.41 Å². The Kier molecular flexibility index (Phi) is 3.08. The van der Waals surface area contributed by atoms with Crippen LogP contribution >= 0.6 is 27.3 Å². The molecule has 0 amide bonds. The largest absolute Gasteiger partial charge is 0.330 e. The summed E-state index contributed by atoms with van der Waals surface area (Å²) in [4.78, 5) is 2.79. The zero-order chi connectivity index (χ0) is 12.8. The lowest BCUT2D eigenvalue weighted by molar-refractivity contribution is 0.720. The summed E-state index contributed by atoms with van der Waals surface area (Å²) >= 11 is 5.49. The molecular weight excluding hydrogens is 306 g/mol. The SMILES string of the molecule is Cc1ccc(-c2ccc(C3(CN)CC3)s2)cc1Br. The molecule has 0 atom stereocenters. The molecular formula is C15H16BrNS. The number of thiophene rings is 1. The minimum absolute atomic E-state index is 0.310. The summed E-state index contributed by atoms with van der Waals surface area (Å²) < 4.78 is 1.18. The highest BCUT2D eigenvalue weighted by atomic mass is 79.9. The van der Waals surface area contributed by atoms with Gasteiger partial charge >= 0.3 is 0 Å². The van der Waals surface area contributed by atoms with E-state index in [2.05, 4.69) is 53.2 Å². The molecule has 0 saturated heterocycles. The lowest BCUT2D eigenvalue weighted by Gasteiger charge is -2.08. The minimum Gasteiger partial charge on any atom is -0.330 e. The lowest BCUT2D eigenvalue weighted by atomic mass is 10.1. The first-order chi connectivity index (χ1) is 8.64. The quantitative estimate of drug-likeness (QED) is 0.886. The number of rotatable bonds is 3. The monoisotopic (exact) mass is 321 g/mol. The number of hydrogen-bond acceptors (Lipinski definition) is 2. The Labute approximate surface area is 120 Å². The molecule has 1 nitrogen and oxygen atoms in total. The maximum absolute atomic E-state index is 5.89. The molecule has 1 saturated carbocycles. The fraction of sp³-hybridized carbons (Fsp3) is 0.333. The van der Waals surface area contributed by atoms with Gasteiger partial charge in [-0.2, -0.15) is 0 Å². The van der Waals surface area contributed by atoms with Crippen molar-refractivity contribution in [3.63, 3.8) is 0 Å². The van der Waals surface area contributed by atoms with Gasteiger partial charge in [0.2, 0.25) is 0 Å². The average molecular weight is 322 g/mol. The second-order valence-corrected chi connectivity index (χ2v) is 7.05. The molecule has 2 N–H and O–H groups in total. The molecule has 1 aliphatic rings. The summed E-state index contributed by atoms with van der Waals surface area (Å²) in [7, 11) is 0. The second kappa shape index (κ2) is 4.48. The van der Waals surface area contributed by atoms with Gasteiger partial charge in [0.1, 0.15) is 0 Å². The molecule has 0 aliphatic heterocycles. The highest BCUT2D eigenvalue weighted by molar-refractivity contribution is 9.10. The first-order valence-electron chi connectivity index (χ1n) is 6.21. The van der Waals surface area contributed by atoms with Crippen LogP contribution in [0.1, 0.15) is 23.3 Å². The average Bonchev–Trinajstić information content (AvgIpc) is 3.02. The molecule has 1 aromatic carbocycles. The van der Waals surface area contributed by atoms with Crippen molar-refractivity contribution in [1.82, 2.24) is 0 Å². The van der Waals surface area contributed by atoms with E-state index < -0.39 is 0 Å². The molecule has 0 spiro atoms. The zero-order valence-corrected chi connectivity index (χ0v) is 12.8. The Bertz CT molecular complexity index is 584. The molecule has 94 valence electrons. The van der Waals surface area contributed by atoms with Crippen molar-refractivity contribution in [1.29, 1.82) is 0 Å². The van der Waals surface area contributed by atoms with E-state index >= 15 is 0 Å². The maximum atomic E-state index is 5.89. The maximum Gasteiger partial charge on any atom is 0.0346 e. The lowest BCUT2D eigenvalue weighted by Crippen LogP contribution is -2.18. The van der Waals surface area contributed by atoms with E-state index in [9.17, 15) is 0 Å². The van der Waals surface area contributed by atoms with Gasteiger partial charge in [-0.05, 0) is 49.1 Å². The van der Waals surface area contributed by atoms with Crippen LogP contribution < -0.4 is 5.73 Å². The van der Waals surface area contributed by atoms with Gasteiger partial charge in [0, 0.05) is 26.2 Å². The summed E-state index contributed by atoms with van der Waals surface area (Å²) in [6.45, 7) is 2.89. The third kappa shape index (κ3) is 2.04. The van der Waals surface area contributed by atoms with Gasteiger partial charge in [-0.1, -0.05) is 28.1 Å². The van der Waals surface area contributed by atoms with Gasteiger partial charge in [0.05, 0.1) is 0 Å². The molecule has 1 fully saturated rings. The number of benzene rings is 1. The number of nitrogens with two attached hydrogens (primary N) is 1. The Morgan fingerprint density at radius 1 is 1.28 bits per heavy atom. The summed E-state index contributed by atoms with van der Waals surface area (Å²) in [5, 5.41) is 0. The molecule has 3 rings (SSSR count). The fourth-order valence-corrected chi connectivity index (χ4v) is 3.86. The Morgan fingerprint density at radius 2 is 2.06 bits per heavy atom. The Hall–Kier alpha value is -0.640. The normalized spacial score (nSPS) is 16.8. The van der Waals surface area contributed by atoms with Crippen molar-refractivity contribution in [2.75, 3.05) is 6.54 Å². The summed E-state index contributed by atoms with van der Waals surface area (Å²) in [6.07, 6.45) is 2.50. The van der Waals surface area contributed by atoms with Gasteiger partial charge in [-0.15, -0.1) is 11.3 Å². The molecule has 2 aromatic rings. The third-order valence-electron chi connectivity index (χ3n) is 3.83. The van der Waals surface area contributed by atoms with Crippen LogP contribution in [-0.4, -0.2) is 6.54 Å². The highest BCUT2D eigenvalue weighted by Gasteiger charge is 2.43. The van der Waals surface area contributed by atoms with Crippen LogP contribution in [0.3, 0.4) is 0 Å². The van der Waals surface area contributed by atoms with E-state index in [4.69, 9.17) is 5.73 Å². The van der Waals surface area contributed by atoms with Crippen LogP contribution in [0.25, 0.3) is 10.4 Å². The highest BCUT2D eigenvalue weighted by Crippen LogP contribution is 2.50. The molecule has 1 aromatic heterocycles. The third-order valence-corrected chi connectivity index (χ3v) is 6.06. The molecule has 0 bridgehead atoms. The Balaban J connectivity index is 1.95. The van der Waals surface area contributed by atoms with Crippen LogP contribution in [0.15, 0.2) is 34.8 Å². The summed E-state index contributed by atoms with van der Waals surface area (Å²) in [6, 6.07) is 11.0. The first kappa shape index (κ1) is 12.4. The smallest absolute Gasteiger partial charge is 0.0346 e. The topological polar surface area (TPSA) is 26.0 Å². The van der Waals surface area contributed by atoms with Crippen LogP contribution in [0, 0.1) is 6.92 Å². The van der Waals surface area contributed by atoms with Crippen LogP contribution in [0.5, 0.6) is 0 Å². The summed E-state index contributed by atoms with van der Waals surface area (Å²) in [5.41, 5.74) is 8.76. The standard InChI is InChI=1S/C15H16BrNS/c1-10-2-3-11(8-12(10)16)13-4-5-14(18-13)15(9-17)6-7-15/h2-5,8H,6-7,9,17H2,1H3. The number of hydrogen-bond donors (Lipinski definition) is 1. The van der Waals surface area contributed by atoms with Gasteiger partial charge in [0.15, 0.2) is 0 Å². The van der Waals surface area contributed by atoms with E-state index in [0.717, 1.165) is 6.54 Å². The van der Waals surface area contributed by atoms with E-state index in [1.165, 1.54) is 38.2 Å². The van der Waals surface area contributed by atoms with E-state index in [1.54, 1.807) is 0 Å². The van der Waals surface area contributed by atoms with E-state index in [-0.39, 0.29) is 0 Å². The van der Waals surface area contributed by atoms with Gasteiger partial charge in [0.25, 0.3) is 0 Å². The molecule has 18 heavy (non-hydrogen) atoms.